The molecule has 33 heavy (non-hydrogen) atoms. The van der Waals surface area contributed by atoms with Crippen LogP contribution >= 0.6 is 11.6 Å². The second kappa shape index (κ2) is 9.89. The number of carbonyl (C=O) groups is 1. The third-order valence-electron chi connectivity index (χ3n) is 5.68. The fraction of sp³-hybridized carbons (Fsp3) is 0.292. The molecule has 172 valence electrons. The average Bonchev–Trinajstić information content (AvgIpc) is 2.82. The summed E-state index contributed by atoms with van der Waals surface area (Å²) in [6, 6.07) is 10.5. The van der Waals surface area contributed by atoms with E-state index in [1.54, 1.807) is 12.4 Å². The SMILES string of the molecule is O=C(NCc1cccc(-c2cccnc2)c1[C@@H]1CCCCN1)c1nccc(C(F)(F)F)c1Cl. The highest BCUT2D eigenvalue weighted by atomic mass is 35.5. The van der Waals surface area contributed by atoms with Crippen LogP contribution in [0, 0.1) is 0 Å². The minimum Gasteiger partial charge on any atom is -0.347 e. The molecule has 1 fully saturated rings. The highest BCUT2D eigenvalue weighted by Gasteiger charge is 2.35. The van der Waals surface area contributed by atoms with E-state index in [1.807, 2.05) is 30.3 Å². The smallest absolute Gasteiger partial charge is 0.347 e. The van der Waals surface area contributed by atoms with Crippen LogP contribution in [0.15, 0.2) is 55.0 Å². The summed E-state index contributed by atoms with van der Waals surface area (Å²) in [5, 5.41) is 5.54. The number of rotatable bonds is 5. The number of amides is 1. The van der Waals surface area contributed by atoms with Crippen molar-refractivity contribution in [3.63, 3.8) is 0 Å². The first-order valence-corrected chi connectivity index (χ1v) is 11.0. The van der Waals surface area contributed by atoms with Crippen molar-refractivity contribution < 1.29 is 18.0 Å². The number of hydrogen-bond acceptors (Lipinski definition) is 4. The highest BCUT2D eigenvalue weighted by molar-refractivity contribution is 6.34. The van der Waals surface area contributed by atoms with E-state index in [9.17, 15) is 18.0 Å². The molecule has 1 aromatic carbocycles. The molecule has 2 N–H and O–H groups in total. The number of hydrogen-bond donors (Lipinski definition) is 2. The highest BCUT2D eigenvalue weighted by Crippen LogP contribution is 2.36. The van der Waals surface area contributed by atoms with Gasteiger partial charge in [0.1, 0.15) is 5.69 Å². The normalized spacial score (nSPS) is 16.4. The summed E-state index contributed by atoms with van der Waals surface area (Å²) in [6.07, 6.45) is 2.87. The molecule has 1 aliphatic heterocycles. The van der Waals surface area contributed by atoms with E-state index in [-0.39, 0.29) is 12.6 Å². The van der Waals surface area contributed by atoms with Gasteiger partial charge in [-0.2, -0.15) is 13.2 Å². The largest absolute Gasteiger partial charge is 0.417 e. The van der Waals surface area contributed by atoms with Crippen LogP contribution in [0.4, 0.5) is 13.2 Å². The number of pyridine rings is 2. The molecule has 0 saturated carbocycles. The fourth-order valence-electron chi connectivity index (χ4n) is 4.13. The van der Waals surface area contributed by atoms with Gasteiger partial charge in [0, 0.05) is 36.7 Å². The third kappa shape index (κ3) is 5.17. The van der Waals surface area contributed by atoms with Crippen molar-refractivity contribution in [3.8, 4) is 11.1 Å². The van der Waals surface area contributed by atoms with Crippen molar-refractivity contribution in [2.45, 2.75) is 38.0 Å². The molecule has 0 bridgehead atoms. The molecule has 3 heterocycles. The van der Waals surface area contributed by atoms with Gasteiger partial charge < -0.3 is 10.6 Å². The maximum Gasteiger partial charge on any atom is 0.417 e. The lowest BCUT2D eigenvalue weighted by Crippen LogP contribution is -2.30. The van der Waals surface area contributed by atoms with Crippen LogP contribution in [-0.2, 0) is 12.7 Å². The van der Waals surface area contributed by atoms with Gasteiger partial charge in [-0.3, -0.25) is 9.78 Å². The van der Waals surface area contributed by atoms with Gasteiger partial charge in [0.05, 0.1) is 10.6 Å². The number of carbonyl (C=O) groups excluding carboxylic acids is 1. The van der Waals surface area contributed by atoms with E-state index >= 15 is 0 Å². The van der Waals surface area contributed by atoms with Crippen molar-refractivity contribution in [2.75, 3.05) is 6.54 Å². The van der Waals surface area contributed by atoms with Crippen LogP contribution in [0.2, 0.25) is 5.02 Å². The van der Waals surface area contributed by atoms with Gasteiger partial charge >= 0.3 is 6.18 Å². The van der Waals surface area contributed by atoms with Crippen molar-refractivity contribution in [3.05, 3.63) is 82.4 Å². The number of halogens is 4. The molecule has 1 saturated heterocycles. The van der Waals surface area contributed by atoms with Crippen molar-refractivity contribution in [1.29, 1.82) is 0 Å². The molecular formula is C24H22ClF3N4O. The first-order valence-electron chi connectivity index (χ1n) is 10.6. The second-order valence-corrected chi connectivity index (χ2v) is 8.20. The molecule has 1 amide bonds. The number of aromatic nitrogens is 2. The maximum absolute atomic E-state index is 13.2. The van der Waals surface area contributed by atoms with Crippen LogP contribution in [0.1, 0.15) is 52.5 Å². The minimum atomic E-state index is -4.67. The zero-order valence-corrected chi connectivity index (χ0v) is 18.4. The molecule has 0 aliphatic carbocycles. The summed E-state index contributed by atoms with van der Waals surface area (Å²) in [5.74, 6) is -0.763. The lowest BCUT2D eigenvalue weighted by molar-refractivity contribution is -0.137. The molecule has 1 aliphatic rings. The fourth-order valence-corrected chi connectivity index (χ4v) is 4.44. The number of nitrogens with zero attached hydrogens (tertiary/aromatic N) is 2. The summed E-state index contributed by atoms with van der Waals surface area (Å²) >= 11 is 5.87. The van der Waals surface area contributed by atoms with E-state index in [1.165, 1.54) is 0 Å². The van der Waals surface area contributed by atoms with Gasteiger partial charge in [-0.15, -0.1) is 0 Å². The second-order valence-electron chi connectivity index (χ2n) is 7.82. The molecule has 1 atom stereocenters. The molecule has 9 heteroatoms. The Kier molecular flexibility index (Phi) is 6.95. The van der Waals surface area contributed by atoms with Gasteiger partial charge in [0.15, 0.2) is 0 Å². The van der Waals surface area contributed by atoms with Gasteiger partial charge in [0.25, 0.3) is 5.91 Å². The number of piperidine rings is 1. The van der Waals surface area contributed by atoms with Gasteiger partial charge in [-0.25, -0.2) is 4.98 Å². The Hall–Kier alpha value is -2.97. The lowest BCUT2D eigenvalue weighted by Gasteiger charge is -2.28. The summed E-state index contributed by atoms with van der Waals surface area (Å²) in [5.41, 5.74) is 2.34. The van der Waals surface area contributed by atoms with Crippen molar-refractivity contribution >= 4 is 17.5 Å². The molecule has 2 aromatic heterocycles. The zero-order valence-electron chi connectivity index (χ0n) is 17.6. The summed E-state index contributed by atoms with van der Waals surface area (Å²) in [7, 11) is 0. The summed E-state index contributed by atoms with van der Waals surface area (Å²) in [4.78, 5) is 20.7. The Morgan fingerprint density at radius 2 is 2.00 bits per heavy atom. The Bertz CT molecular complexity index is 1130. The van der Waals surface area contributed by atoms with Crippen LogP contribution in [0.5, 0.6) is 0 Å². The van der Waals surface area contributed by atoms with E-state index in [0.29, 0.717) is 0 Å². The summed E-state index contributed by atoms with van der Waals surface area (Å²) in [6.45, 7) is 1.01. The topological polar surface area (TPSA) is 66.9 Å². The van der Waals surface area contributed by atoms with Crippen LogP contribution in [0.25, 0.3) is 11.1 Å². The van der Waals surface area contributed by atoms with Gasteiger partial charge in [-0.05, 0) is 48.2 Å². The first-order chi connectivity index (χ1) is 15.9. The van der Waals surface area contributed by atoms with Crippen LogP contribution < -0.4 is 10.6 Å². The molecular weight excluding hydrogens is 453 g/mol. The van der Waals surface area contributed by atoms with Gasteiger partial charge in [0.2, 0.25) is 0 Å². The predicted molar refractivity (Wildman–Crippen MR) is 120 cm³/mol. The van der Waals surface area contributed by atoms with E-state index in [0.717, 1.165) is 60.3 Å². The predicted octanol–water partition coefficient (Wildman–Crippen LogP) is 5.56. The maximum atomic E-state index is 13.2. The Morgan fingerprint density at radius 3 is 2.70 bits per heavy atom. The molecule has 3 aromatic rings. The van der Waals surface area contributed by atoms with E-state index in [4.69, 9.17) is 11.6 Å². The number of benzene rings is 1. The lowest BCUT2D eigenvalue weighted by atomic mass is 9.87. The van der Waals surface area contributed by atoms with Crippen LogP contribution in [-0.4, -0.2) is 22.4 Å². The van der Waals surface area contributed by atoms with Gasteiger partial charge in [-0.1, -0.05) is 42.3 Å². The average molecular weight is 475 g/mol. The Morgan fingerprint density at radius 1 is 1.15 bits per heavy atom. The van der Waals surface area contributed by atoms with Crippen molar-refractivity contribution in [2.24, 2.45) is 0 Å². The van der Waals surface area contributed by atoms with E-state index in [2.05, 4.69) is 20.6 Å². The standard InChI is InChI=1S/C24H22ClF3N4O/c25-21-18(24(26,27)28)9-12-31-22(21)23(33)32-14-16-5-3-7-17(15-6-4-10-29-13-15)20(16)19-8-1-2-11-30-19/h3-7,9-10,12-13,19,30H,1-2,8,11,14H2,(H,32,33)/t19-/m0/s1. The molecule has 0 radical (unpaired) electrons. The van der Waals surface area contributed by atoms with E-state index < -0.39 is 28.4 Å². The van der Waals surface area contributed by atoms with Crippen LogP contribution in [0.3, 0.4) is 0 Å². The number of alkyl halides is 3. The monoisotopic (exact) mass is 474 g/mol. The third-order valence-corrected chi connectivity index (χ3v) is 6.06. The Balaban J connectivity index is 1.64. The molecule has 5 nitrogen and oxygen atoms in total. The first kappa shape index (κ1) is 23.2. The zero-order chi connectivity index (χ0) is 23.4. The minimum absolute atomic E-state index is 0.0947. The van der Waals surface area contributed by atoms with Crippen molar-refractivity contribution in [1.82, 2.24) is 20.6 Å². The molecule has 4 rings (SSSR count). The Labute approximate surface area is 194 Å². The quantitative estimate of drug-likeness (QED) is 0.508. The summed E-state index contributed by atoms with van der Waals surface area (Å²) < 4.78 is 39.5. The molecule has 0 unspecified atom stereocenters. The molecule has 0 spiro atoms. The number of nitrogens with one attached hydrogen (secondary N) is 2.